The second kappa shape index (κ2) is 9.69. The first-order valence-corrected chi connectivity index (χ1v) is 10.9. The van der Waals surface area contributed by atoms with E-state index in [2.05, 4.69) is 10.2 Å². The van der Waals surface area contributed by atoms with E-state index in [1.54, 1.807) is 4.90 Å². The smallest absolute Gasteiger partial charge is 0.322 e. The molecule has 2 aromatic rings. The number of aliphatic hydroxyl groups is 1. The third-order valence-corrected chi connectivity index (χ3v) is 5.90. The second-order valence-electron chi connectivity index (χ2n) is 8.00. The summed E-state index contributed by atoms with van der Waals surface area (Å²) in [6.07, 6.45) is 2.19. The number of fused-ring (bicyclic) bond motifs is 1. The fraction of sp³-hybridized carbons (Fsp3) is 0.435. The van der Waals surface area contributed by atoms with Crippen molar-refractivity contribution in [3.05, 3.63) is 59.1 Å². The molecule has 2 unspecified atom stereocenters. The summed E-state index contributed by atoms with van der Waals surface area (Å²) < 4.78 is 5.65. The lowest BCUT2D eigenvalue weighted by atomic mass is 10.1. The van der Waals surface area contributed by atoms with Crippen LogP contribution in [0.2, 0.25) is 5.02 Å². The molecule has 4 rings (SSSR count). The van der Waals surface area contributed by atoms with Crippen LogP contribution in [0.5, 0.6) is 5.75 Å². The van der Waals surface area contributed by atoms with E-state index in [1.807, 2.05) is 48.5 Å². The van der Waals surface area contributed by atoms with Crippen molar-refractivity contribution in [1.82, 2.24) is 10.2 Å². The lowest BCUT2D eigenvalue weighted by Gasteiger charge is -2.35. The maximum absolute atomic E-state index is 12.8. The van der Waals surface area contributed by atoms with Gasteiger partial charge in [-0.05, 0) is 61.7 Å². The SMILES string of the molecule is O=C(NC1CCCN(CC(O)COc2ccccc2)C1)N1CCc2cc(Cl)ccc21. The van der Waals surface area contributed by atoms with Gasteiger partial charge < -0.3 is 15.2 Å². The molecule has 0 spiro atoms. The molecule has 6 nitrogen and oxygen atoms in total. The molecule has 0 saturated carbocycles. The zero-order valence-electron chi connectivity index (χ0n) is 17.0. The minimum absolute atomic E-state index is 0.0594. The van der Waals surface area contributed by atoms with E-state index in [0.717, 1.165) is 49.4 Å². The number of hydrogen-bond donors (Lipinski definition) is 2. The molecule has 2 aliphatic rings. The van der Waals surface area contributed by atoms with Gasteiger partial charge in [-0.1, -0.05) is 29.8 Å². The summed E-state index contributed by atoms with van der Waals surface area (Å²) in [7, 11) is 0. The fourth-order valence-corrected chi connectivity index (χ4v) is 4.43. The highest BCUT2D eigenvalue weighted by Gasteiger charge is 2.28. The number of rotatable bonds is 6. The van der Waals surface area contributed by atoms with E-state index in [1.165, 1.54) is 0 Å². The number of halogens is 1. The van der Waals surface area contributed by atoms with Gasteiger partial charge in [-0.15, -0.1) is 0 Å². The average molecular weight is 430 g/mol. The van der Waals surface area contributed by atoms with Gasteiger partial charge in [0, 0.05) is 36.4 Å². The lowest BCUT2D eigenvalue weighted by Crippen LogP contribution is -2.52. The number of nitrogens with zero attached hydrogens (tertiary/aromatic N) is 2. The van der Waals surface area contributed by atoms with Crippen molar-refractivity contribution in [1.29, 1.82) is 0 Å². The lowest BCUT2D eigenvalue weighted by molar-refractivity contribution is 0.0569. The number of nitrogens with one attached hydrogen (secondary N) is 1. The van der Waals surface area contributed by atoms with Gasteiger partial charge in [-0.2, -0.15) is 0 Å². The quantitative estimate of drug-likeness (QED) is 0.739. The van der Waals surface area contributed by atoms with Crippen LogP contribution in [0.1, 0.15) is 18.4 Å². The van der Waals surface area contributed by atoms with Gasteiger partial charge >= 0.3 is 6.03 Å². The minimum Gasteiger partial charge on any atom is -0.491 e. The molecule has 2 heterocycles. The van der Waals surface area contributed by atoms with Crippen LogP contribution in [0.4, 0.5) is 10.5 Å². The first-order valence-electron chi connectivity index (χ1n) is 10.5. The van der Waals surface area contributed by atoms with Crippen LogP contribution < -0.4 is 15.0 Å². The van der Waals surface area contributed by atoms with Crippen LogP contribution in [0.25, 0.3) is 0 Å². The Kier molecular flexibility index (Phi) is 6.77. The molecule has 2 aromatic carbocycles. The topological polar surface area (TPSA) is 65.0 Å². The van der Waals surface area contributed by atoms with Gasteiger partial charge in [0.2, 0.25) is 0 Å². The van der Waals surface area contributed by atoms with E-state index in [9.17, 15) is 9.90 Å². The van der Waals surface area contributed by atoms with E-state index in [0.29, 0.717) is 18.1 Å². The van der Waals surface area contributed by atoms with Crippen LogP contribution >= 0.6 is 11.6 Å². The van der Waals surface area contributed by atoms with Crippen LogP contribution in [0.3, 0.4) is 0 Å². The molecular weight excluding hydrogens is 402 g/mol. The van der Waals surface area contributed by atoms with E-state index < -0.39 is 6.10 Å². The molecule has 0 aromatic heterocycles. The summed E-state index contributed by atoms with van der Waals surface area (Å²) in [5.74, 6) is 0.757. The third-order valence-electron chi connectivity index (χ3n) is 5.67. The molecule has 30 heavy (non-hydrogen) atoms. The van der Waals surface area contributed by atoms with Crippen LogP contribution in [0, 0.1) is 0 Å². The number of urea groups is 1. The maximum atomic E-state index is 12.8. The number of hydrogen-bond acceptors (Lipinski definition) is 4. The van der Waals surface area contributed by atoms with Gasteiger partial charge in [0.25, 0.3) is 0 Å². The second-order valence-corrected chi connectivity index (χ2v) is 8.44. The minimum atomic E-state index is -0.574. The van der Waals surface area contributed by atoms with Crippen LogP contribution in [0.15, 0.2) is 48.5 Å². The fourth-order valence-electron chi connectivity index (χ4n) is 4.23. The van der Waals surface area contributed by atoms with Gasteiger partial charge in [0.1, 0.15) is 18.5 Å². The first-order chi connectivity index (χ1) is 14.6. The number of benzene rings is 2. The van der Waals surface area contributed by atoms with Crippen molar-refractivity contribution in [2.24, 2.45) is 0 Å². The molecular formula is C23H28ClN3O3. The number of ether oxygens (including phenoxy) is 1. The highest BCUT2D eigenvalue weighted by Crippen LogP contribution is 2.30. The largest absolute Gasteiger partial charge is 0.491 e. The Balaban J connectivity index is 1.25. The summed E-state index contributed by atoms with van der Waals surface area (Å²) in [4.78, 5) is 16.8. The Hall–Kier alpha value is -2.28. The molecule has 0 bridgehead atoms. The number of amides is 2. The van der Waals surface area contributed by atoms with Crippen molar-refractivity contribution >= 4 is 23.3 Å². The highest BCUT2D eigenvalue weighted by atomic mass is 35.5. The molecule has 2 atom stereocenters. The van der Waals surface area contributed by atoms with Crippen molar-refractivity contribution in [2.75, 3.05) is 37.7 Å². The standard InChI is InChI=1S/C23H28ClN3O3/c24-18-8-9-22-17(13-18)10-12-27(22)23(29)25-19-5-4-11-26(14-19)15-20(28)16-30-21-6-2-1-3-7-21/h1-3,6-9,13,19-20,28H,4-5,10-12,14-16H2,(H,25,29). The Labute approximate surface area is 182 Å². The number of carbonyl (C=O) groups excluding carboxylic acids is 1. The van der Waals surface area contributed by atoms with E-state index >= 15 is 0 Å². The van der Waals surface area contributed by atoms with Crippen LogP contribution in [-0.4, -0.2) is 61.0 Å². The van der Waals surface area contributed by atoms with E-state index in [4.69, 9.17) is 16.3 Å². The molecule has 7 heteroatoms. The first kappa shape index (κ1) is 21.0. The number of aliphatic hydroxyl groups excluding tert-OH is 1. The summed E-state index contributed by atoms with van der Waals surface area (Å²) in [6, 6.07) is 15.2. The Bertz CT molecular complexity index is 864. The van der Waals surface area contributed by atoms with Gasteiger partial charge in [0.05, 0.1) is 0 Å². The highest BCUT2D eigenvalue weighted by molar-refractivity contribution is 6.30. The zero-order valence-corrected chi connectivity index (χ0v) is 17.7. The summed E-state index contributed by atoms with van der Waals surface area (Å²) in [6.45, 7) is 3.11. The molecule has 2 N–H and O–H groups in total. The molecule has 160 valence electrons. The molecule has 1 fully saturated rings. The summed E-state index contributed by atoms with van der Waals surface area (Å²) in [5, 5.41) is 14.2. The number of para-hydroxylation sites is 1. The van der Waals surface area contributed by atoms with Crippen molar-refractivity contribution < 1.29 is 14.6 Å². The normalized spacial score (nSPS) is 19.9. The van der Waals surface area contributed by atoms with Gasteiger partial charge in [-0.25, -0.2) is 4.79 Å². The summed E-state index contributed by atoms with van der Waals surface area (Å²) >= 11 is 6.07. The van der Waals surface area contributed by atoms with Crippen molar-refractivity contribution in [3.8, 4) is 5.75 Å². The van der Waals surface area contributed by atoms with Crippen LogP contribution in [-0.2, 0) is 6.42 Å². The monoisotopic (exact) mass is 429 g/mol. The maximum Gasteiger partial charge on any atom is 0.322 e. The number of anilines is 1. The molecule has 1 saturated heterocycles. The molecule has 2 aliphatic heterocycles. The third kappa shape index (κ3) is 5.25. The van der Waals surface area contributed by atoms with Gasteiger partial charge in [-0.3, -0.25) is 9.80 Å². The Morgan fingerprint density at radius 2 is 2.07 bits per heavy atom. The molecule has 2 amide bonds. The van der Waals surface area contributed by atoms with Gasteiger partial charge in [0.15, 0.2) is 0 Å². The van der Waals surface area contributed by atoms with E-state index in [-0.39, 0.29) is 18.7 Å². The summed E-state index contributed by atoms with van der Waals surface area (Å²) in [5.41, 5.74) is 2.06. The number of piperidine rings is 1. The Morgan fingerprint density at radius 3 is 2.90 bits per heavy atom. The molecule has 0 radical (unpaired) electrons. The number of carbonyl (C=O) groups is 1. The Morgan fingerprint density at radius 1 is 1.23 bits per heavy atom. The molecule has 0 aliphatic carbocycles. The predicted octanol–water partition coefficient (Wildman–Crippen LogP) is 3.32. The van der Waals surface area contributed by atoms with Crippen molar-refractivity contribution in [2.45, 2.75) is 31.4 Å². The predicted molar refractivity (Wildman–Crippen MR) is 118 cm³/mol. The zero-order chi connectivity index (χ0) is 20.9. The number of β-amino-alcohol motifs (C(OH)–C–C–N with tert-alkyl or cyclic N) is 1. The van der Waals surface area contributed by atoms with Crippen molar-refractivity contribution in [3.63, 3.8) is 0 Å². The average Bonchev–Trinajstić information content (AvgIpc) is 3.16. The number of likely N-dealkylation sites (tertiary alicyclic amines) is 1.